The lowest BCUT2D eigenvalue weighted by Crippen LogP contribution is -2.03. The normalized spacial score (nSPS) is 13.7. The molecule has 0 aromatic rings. The van der Waals surface area contributed by atoms with E-state index in [1.54, 1.807) is 0 Å². The molecule has 0 saturated carbocycles. The second-order valence-corrected chi connectivity index (χ2v) is 3.74. The molecule has 10 heavy (non-hydrogen) atoms. The van der Waals surface area contributed by atoms with Gasteiger partial charge in [0.2, 0.25) is 0 Å². The van der Waals surface area contributed by atoms with Gasteiger partial charge in [-0.1, -0.05) is 11.6 Å². The fraction of sp³-hybridized carbons (Fsp3) is 0.667. The van der Waals surface area contributed by atoms with Crippen LogP contribution >= 0.6 is 0 Å². The highest BCUT2D eigenvalue weighted by atomic mass is 32.2. The molecule has 0 aliphatic rings. The average Bonchev–Trinajstić information content (AvgIpc) is 1.81. The van der Waals surface area contributed by atoms with Crippen LogP contribution < -0.4 is 0 Å². The second kappa shape index (κ2) is 3.73. The molecule has 3 nitrogen and oxygen atoms in total. The van der Waals surface area contributed by atoms with Gasteiger partial charge in [-0.05, 0) is 20.3 Å². The van der Waals surface area contributed by atoms with E-state index in [4.69, 9.17) is 4.55 Å². The molecule has 1 N–H and O–H groups in total. The van der Waals surface area contributed by atoms with Crippen molar-refractivity contribution in [1.82, 2.24) is 0 Å². The van der Waals surface area contributed by atoms with Crippen LogP contribution in [0.1, 0.15) is 20.3 Å². The maximum Gasteiger partial charge on any atom is 0.265 e. The van der Waals surface area contributed by atoms with Gasteiger partial charge in [0.15, 0.2) is 0 Å². The highest BCUT2D eigenvalue weighted by Gasteiger charge is 2.02. The van der Waals surface area contributed by atoms with Crippen molar-refractivity contribution >= 4 is 10.1 Å². The Hall–Kier alpha value is -0.350. The number of allylic oxidation sites excluding steroid dienone is 2. The zero-order valence-corrected chi connectivity index (χ0v) is 6.98. The molecule has 0 aliphatic heterocycles. The van der Waals surface area contributed by atoms with E-state index in [1.807, 2.05) is 19.9 Å². The Balaban J connectivity index is 3.79. The molecule has 0 amide bonds. The van der Waals surface area contributed by atoms with Crippen LogP contribution in [0.15, 0.2) is 11.6 Å². The first-order valence-corrected chi connectivity index (χ1v) is 4.63. The molecule has 0 aromatic carbocycles. The molecule has 0 spiro atoms. The van der Waals surface area contributed by atoms with Gasteiger partial charge in [-0.25, -0.2) is 0 Å². The van der Waals surface area contributed by atoms with Gasteiger partial charge in [-0.15, -0.1) is 0 Å². The van der Waals surface area contributed by atoms with Crippen LogP contribution in [0.5, 0.6) is 0 Å². The third-order valence-electron chi connectivity index (χ3n) is 1.25. The Bertz CT molecular complexity index is 213. The van der Waals surface area contributed by atoms with Crippen LogP contribution in [0.25, 0.3) is 0 Å². The molecular weight excluding hydrogens is 152 g/mol. The molecule has 0 radical (unpaired) electrons. The minimum atomic E-state index is -3.77. The summed E-state index contributed by atoms with van der Waals surface area (Å²) < 4.78 is 28.7. The Morgan fingerprint density at radius 2 is 2.10 bits per heavy atom. The first-order valence-electron chi connectivity index (χ1n) is 3.02. The van der Waals surface area contributed by atoms with Gasteiger partial charge in [0.1, 0.15) is 0 Å². The van der Waals surface area contributed by atoms with Crippen LogP contribution in [0.4, 0.5) is 0 Å². The van der Waals surface area contributed by atoms with E-state index in [0.29, 0.717) is 6.42 Å². The predicted octanol–water partition coefficient (Wildman–Crippen LogP) is 1.23. The standard InChI is InChI=1S/C6H12O3S/c1-3-6(2)4-5-10(7,8)9/h3H,4-5H2,1-2H3,(H,7,8,9). The summed E-state index contributed by atoms with van der Waals surface area (Å²) in [4.78, 5) is 0. The summed E-state index contributed by atoms with van der Waals surface area (Å²) in [7, 11) is -3.77. The van der Waals surface area contributed by atoms with Crippen molar-refractivity contribution in [2.75, 3.05) is 5.75 Å². The zero-order valence-electron chi connectivity index (χ0n) is 6.16. The van der Waals surface area contributed by atoms with Gasteiger partial charge < -0.3 is 0 Å². The maximum absolute atomic E-state index is 10.2. The molecule has 0 atom stereocenters. The van der Waals surface area contributed by atoms with Crippen molar-refractivity contribution < 1.29 is 13.0 Å². The third kappa shape index (κ3) is 5.78. The topological polar surface area (TPSA) is 54.4 Å². The second-order valence-electron chi connectivity index (χ2n) is 2.17. The minimum absolute atomic E-state index is 0.177. The fourth-order valence-corrected chi connectivity index (χ4v) is 1.01. The third-order valence-corrected chi connectivity index (χ3v) is 1.97. The van der Waals surface area contributed by atoms with Crippen molar-refractivity contribution in [1.29, 1.82) is 0 Å². The van der Waals surface area contributed by atoms with Crippen molar-refractivity contribution in [3.05, 3.63) is 11.6 Å². The van der Waals surface area contributed by atoms with E-state index in [-0.39, 0.29) is 5.75 Å². The lowest BCUT2D eigenvalue weighted by Gasteiger charge is -1.95. The molecule has 0 unspecified atom stereocenters. The van der Waals surface area contributed by atoms with Crippen molar-refractivity contribution in [3.63, 3.8) is 0 Å². The van der Waals surface area contributed by atoms with E-state index in [1.165, 1.54) is 0 Å². The molecule has 0 heterocycles. The van der Waals surface area contributed by atoms with Gasteiger partial charge in [0, 0.05) is 0 Å². The van der Waals surface area contributed by atoms with Gasteiger partial charge in [-0.2, -0.15) is 8.42 Å². The van der Waals surface area contributed by atoms with Gasteiger partial charge in [-0.3, -0.25) is 4.55 Å². The van der Waals surface area contributed by atoms with E-state index < -0.39 is 10.1 Å². The van der Waals surface area contributed by atoms with E-state index in [9.17, 15) is 8.42 Å². The minimum Gasteiger partial charge on any atom is -0.286 e. The number of hydrogen-bond donors (Lipinski definition) is 1. The fourth-order valence-electron chi connectivity index (χ4n) is 0.434. The quantitative estimate of drug-likeness (QED) is 0.504. The summed E-state index contributed by atoms with van der Waals surface area (Å²) in [6.07, 6.45) is 2.24. The van der Waals surface area contributed by atoms with E-state index >= 15 is 0 Å². The van der Waals surface area contributed by atoms with E-state index in [0.717, 1.165) is 5.57 Å². The van der Waals surface area contributed by atoms with Crippen LogP contribution in [0, 0.1) is 0 Å². The summed E-state index contributed by atoms with van der Waals surface area (Å²) >= 11 is 0. The van der Waals surface area contributed by atoms with Gasteiger partial charge in [0.05, 0.1) is 5.75 Å². The highest BCUT2D eigenvalue weighted by Crippen LogP contribution is 2.00. The molecule has 0 saturated heterocycles. The smallest absolute Gasteiger partial charge is 0.265 e. The number of hydrogen-bond acceptors (Lipinski definition) is 2. The van der Waals surface area contributed by atoms with Gasteiger partial charge >= 0.3 is 0 Å². The predicted molar refractivity (Wildman–Crippen MR) is 40.5 cm³/mol. The highest BCUT2D eigenvalue weighted by molar-refractivity contribution is 7.85. The molecule has 4 heteroatoms. The van der Waals surface area contributed by atoms with Crippen molar-refractivity contribution in [2.45, 2.75) is 20.3 Å². The van der Waals surface area contributed by atoms with Crippen LogP contribution in [-0.2, 0) is 10.1 Å². The molecule has 0 bridgehead atoms. The maximum atomic E-state index is 10.2. The molecule has 60 valence electrons. The lowest BCUT2D eigenvalue weighted by atomic mass is 10.2. The summed E-state index contributed by atoms with van der Waals surface area (Å²) in [5, 5.41) is 0. The molecular formula is C6H12O3S. The lowest BCUT2D eigenvalue weighted by molar-refractivity contribution is 0.482. The first kappa shape index (κ1) is 9.65. The van der Waals surface area contributed by atoms with Crippen molar-refractivity contribution in [2.24, 2.45) is 0 Å². The van der Waals surface area contributed by atoms with Gasteiger partial charge in [0.25, 0.3) is 10.1 Å². The Morgan fingerprint density at radius 1 is 1.60 bits per heavy atom. The Kier molecular flexibility index (Phi) is 3.60. The average molecular weight is 164 g/mol. The van der Waals surface area contributed by atoms with Crippen LogP contribution in [-0.4, -0.2) is 18.7 Å². The summed E-state index contributed by atoms with van der Waals surface area (Å²) in [5.41, 5.74) is 0.970. The zero-order chi connectivity index (χ0) is 8.20. The van der Waals surface area contributed by atoms with Crippen LogP contribution in [0.3, 0.4) is 0 Å². The largest absolute Gasteiger partial charge is 0.286 e. The summed E-state index contributed by atoms with van der Waals surface area (Å²) in [6, 6.07) is 0. The number of rotatable bonds is 3. The van der Waals surface area contributed by atoms with Crippen molar-refractivity contribution in [3.8, 4) is 0 Å². The molecule has 0 rings (SSSR count). The first-order chi connectivity index (χ1) is 4.45. The Morgan fingerprint density at radius 3 is 2.40 bits per heavy atom. The Labute approximate surface area is 61.5 Å². The summed E-state index contributed by atoms with van der Waals surface area (Å²) in [5.74, 6) is -0.177. The van der Waals surface area contributed by atoms with Crippen LogP contribution in [0.2, 0.25) is 0 Å². The van der Waals surface area contributed by atoms with E-state index in [2.05, 4.69) is 0 Å². The SMILES string of the molecule is CC=C(C)CCS(=O)(=O)O. The summed E-state index contributed by atoms with van der Waals surface area (Å²) in [6.45, 7) is 3.66. The molecule has 0 aliphatic carbocycles. The monoisotopic (exact) mass is 164 g/mol. The molecule has 0 aromatic heterocycles. The molecule has 0 fully saturated rings.